The van der Waals surface area contributed by atoms with Crippen LogP contribution in [0.15, 0.2) is 0 Å². The second kappa shape index (κ2) is 21.2. The van der Waals surface area contributed by atoms with E-state index in [1.54, 1.807) is 0 Å². The molecule has 0 amide bonds. The Hall–Kier alpha value is -1.06. The minimum atomic E-state index is -0.309. The molecule has 0 aliphatic rings. The smallest absolute Gasteiger partial charge is 0.306 e. The summed E-state index contributed by atoms with van der Waals surface area (Å²) in [6, 6.07) is 0. The summed E-state index contributed by atoms with van der Waals surface area (Å²) < 4.78 is 10.5. The topological polar surface area (TPSA) is 52.6 Å². The Bertz CT molecular complexity index is 406. The number of carbonyl (C=O) groups is 2. The molecule has 0 rings (SSSR count). The first-order valence-corrected chi connectivity index (χ1v) is 12.8. The first kappa shape index (κ1) is 28.9. The van der Waals surface area contributed by atoms with Crippen LogP contribution < -0.4 is 0 Å². The third-order valence-corrected chi connectivity index (χ3v) is 5.43. The fraction of sp³-hybridized carbons (Fsp3) is 0.923. The summed E-state index contributed by atoms with van der Waals surface area (Å²) in [6.45, 7) is 8.82. The molecule has 0 spiro atoms. The summed E-state index contributed by atoms with van der Waals surface area (Å²) in [7, 11) is 0. The average molecular weight is 427 g/mol. The Morgan fingerprint density at radius 3 is 1.53 bits per heavy atom. The van der Waals surface area contributed by atoms with E-state index in [-0.39, 0.29) is 30.9 Å². The van der Waals surface area contributed by atoms with Crippen molar-refractivity contribution in [2.45, 2.75) is 143 Å². The van der Waals surface area contributed by atoms with E-state index in [4.69, 9.17) is 9.47 Å². The standard InChI is InChI=1S/C26H50O4/c1-5-6-7-8-9-10-11-12-13-14-15-16-17-18-21-29-25(27)19-20-26(28)30-24(4)22-23(2)3/h23-24H,5-22H2,1-4H3. The number of rotatable bonds is 21. The van der Waals surface area contributed by atoms with E-state index in [0.29, 0.717) is 12.5 Å². The molecule has 1 unspecified atom stereocenters. The third kappa shape index (κ3) is 21.6. The number of esters is 2. The summed E-state index contributed by atoms with van der Waals surface area (Å²) in [6.07, 6.45) is 19.3. The molecule has 4 nitrogen and oxygen atoms in total. The predicted octanol–water partition coefficient (Wildman–Crippen LogP) is 7.77. The van der Waals surface area contributed by atoms with Crippen molar-refractivity contribution in [3.63, 3.8) is 0 Å². The van der Waals surface area contributed by atoms with Gasteiger partial charge in [-0.1, -0.05) is 104 Å². The molecule has 0 aromatic rings. The van der Waals surface area contributed by atoms with Crippen molar-refractivity contribution in [1.82, 2.24) is 0 Å². The van der Waals surface area contributed by atoms with Gasteiger partial charge in [0.15, 0.2) is 0 Å². The van der Waals surface area contributed by atoms with Crippen molar-refractivity contribution in [1.29, 1.82) is 0 Å². The van der Waals surface area contributed by atoms with Gasteiger partial charge in [-0.25, -0.2) is 0 Å². The van der Waals surface area contributed by atoms with Gasteiger partial charge < -0.3 is 9.47 Å². The predicted molar refractivity (Wildman–Crippen MR) is 126 cm³/mol. The van der Waals surface area contributed by atoms with E-state index in [1.807, 2.05) is 6.92 Å². The second-order valence-corrected chi connectivity index (χ2v) is 9.25. The van der Waals surface area contributed by atoms with Crippen LogP contribution in [0.5, 0.6) is 0 Å². The second-order valence-electron chi connectivity index (χ2n) is 9.25. The SMILES string of the molecule is CCCCCCCCCCCCCCCCOC(=O)CCC(=O)OC(C)CC(C)C. The number of hydrogen-bond donors (Lipinski definition) is 0. The Morgan fingerprint density at radius 1 is 0.633 bits per heavy atom. The van der Waals surface area contributed by atoms with Gasteiger partial charge in [-0.15, -0.1) is 0 Å². The Morgan fingerprint density at radius 2 is 1.07 bits per heavy atom. The molecule has 0 radical (unpaired) electrons. The lowest BCUT2D eigenvalue weighted by Crippen LogP contribution is -2.18. The minimum Gasteiger partial charge on any atom is -0.466 e. The lowest BCUT2D eigenvalue weighted by Gasteiger charge is -2.15. The molecule has 4 heteroatoms. The van der Waals surface area contributed by atoms with E-state index in [9.17, 15) is 9.59 Å². The zero-order valence-electron chi connectivity index (χ0n) is 20.5. The van der Waals surface area contributed by atoms with Gasteiger partial charge in [-0.3, -0.25) is 9.59 Å². The normalized spacial score (nSPS) is 12.2. The van der Waals surface area contributed by atoms with Crippen molar-refractivity contribution in [3.8, 4) is 0 Å². The van der Waals surface area contributed by atoms with Gasteiger partial charge in [0.25, 0.3) is 0 Å². The fourth-order valence-electron chi connectivity index (χ4n) is 3.75. The summed E-state index contributed by atoms with van der Waals surface area (Å²) >= 11 is 0. The van der Waals surface area contributed by atoms with Crippen LogP contribution >= 0.6 is 0 Å². The third-order valence-electron chi connectivity index (χ3n) is 5.43. The number of unbranched alkanes of at least 4 members (excludes halogenated alkanes) is 13. The lowest BCUT2D eigenvalue weighted by atomic mass is 10.0. The first-order valence-electron chi connectivity index (χ1n) is 12.8. The fourth-order valence-corrected chi connectivity index (χ4v) is 3.75. The highest BCUT2D eigenvalue weighted by Crippen LogP contribution is 2.13. The van der Waals surface area contributed by atoms with E-state index in [0.717, 1.165) is 19.3 Å². The van der Waals surface area contributed by atoms with E-state index >= 15 is 0 Å². The molecular formula is C26H50O4. The maximum absolute atomic E-state index is 11.7. The van der Waals surface area contributed by atoms with E-state index in [2.05, 4.69) is 20.8 Å². The van der Waals surface area contributed by atoms with Crippen molar-refractivity contribution < 1.29 is 19.1 Å². The van der Waals surface area contributed by atoms with Crippen LogP contribution in [0, 0.1) is 5.92 Å². The molecule has 0 saturated carbocycles. The molecule has 0 aromatic carbocycles. The van der Waals surface area contributed by atoms with Crippen LogP contribution in [0.3, 0.4) is 0 Å². The van der Waals surface area contributed by atoms with Crippen molar-refractivity contribution in [2.24, 2.45) is 5.92 Å². The molecule has 0 saturated heterocycles. The van der Waals surface area contributed by atoms with Crippen LogP contribution in [-0.2, 0) is 19.1 Å². The quantitative estimate of drug-likeness (QED) is 0.139. The molecule has 0 fully saturated rings. The molecule has 30 heavy (non-hydrogen) atoms. The van der Waals surface area contributed by atoms with Crippen LogP contribution in [0.2, 0.25) is 0 Å². The highest BCUT2D eigenvalue weighted by molar-refractivity contribution is 5.77. The number of carbonyl (C=O) groups excluding carboxylic acids is 2. The van der Waals surface area contributed by atoms with Gasteiger partial charge in [0.05, 0.1) is 25.6 Å². The van der Waals surface area contributed by atoms with Crippen LogP contribution in [0.1, 0.15) is 137 Å². The van der Waals surface area contributed by atoms with Crippen molar-refractivity contribution in [2.75, 3.05) is 6.61 Å². The van der Waals surface area contributed by atoms with E-state index in [1.165, 1.54) is 77.0 Å². The van der Waals surface area contributed by atoms with Crippen LogP contribution in [0.25, 0.3) is 0 Å². The summed E-state index contributed by atoms with van der Waals surface area (Å²) in [5.41, 5.74) is 0. The monoisotopic (exact) mass is 426 g/mol. The van der Waals surface area contributed by atoms with Gasteiger partial charge in [-0.2, -0.15) is 0 Å². The molecule has 0 heterocycles. The Labute approximate surface area is 186 Å². The van der Waals surface area contributed by atoms with Gasteiger partial charge in [0.2, 0.25) is 0 Å². The van der Waals surface area contributed by atoms with Gasteiger partial charge in [0, 0.05) is 0 Å². The zero-order valence-corrected chi connectivity index (χ0v) is 20.5. The average Bonchev–Trinajstić information content (AvgIpc) is 2.68. The van der Waals surface area contributed by atoms with Gasteiger partial charge >= 0.3 is 11.9 Å². The zero-order chi connectivity index (χ0) is 22.5. The molecular weight excluding hydrogens is 376 g/mol. The van der Waals surface area contributed by atoms with Gasteiger partial charge in [0.1, 0.15) is 0 Å². The van der Waals surface area contributed by atoms with Gasteiger partial charge in [-0.05, 0) is 25.7 Å². The largest absolute Gasteiger partial charge is 0.466 e. The highest BCUT2D eigenvalue weighted by Gasteiger charge is 2.13. The maximum atomic E-state index is 11.7. The number of hydrogen-bond acceptors (Lipinski definition) is 4. The summed E-state index contributed by atoms with van der Waals surface area (Å²) in [4.78, 5) is 23.4. The summed E-state index contributed by atoms with van der Waals surface area (Å²) in [5.74, 6) is -0.113. The van der Waals surface area contributed by atoms with Crippen molar-refractivity contribution in [3.05, 3.63) is 0 Å². The lowest BCUT2D eigenvalue weighted by molar-refractivity contribution is -0.153. The molecule has 1 atom stereocenters. The van der Waals surface area contributed by atoms with Crippen molar-refractivity contribution >= 4 is 11.9 Å². The highest BCUT2D eigenvalue weighted by atomic mass is 16.5. The Kier molecular flexibility index (Phi) is 20.4. The Balaban J connectivity index is 3.34. The van der Waals surface area contributed by atoms with Crippen LogP contribution in [-0.4, -0.2) is 24.6 Å². The number of ether oxygens (including phenoxy) is 2. The molecule has 0 aromatic heterocycles. The van der Waals surface area contributed by atoms with E-state index < -0.39 is 0 Å². The minimum absolute atomic E-state index is 0.0935. The molecule has 0 N–H and O–H groups in total. The molecule has 0 aliphatic carbocycles. The summed E-state index contributed by atoms with van der Waals surface area (Å²) in [5, 5.41) is 0. The molecule has 0 aliphatic heterocycles. The first-order chi connectivity index (χ1) is 14.5. The molecule has 178 valence electrons. The maximum Gasteiger partial charge on any atom is 0.306 e. The van der Waals surface area contributed by atoms with Crippen LogP contribution in [0.4, 0.5) is 0 Å². The molecule has 0 bridgehead atoms.